The van der Waals surface area contributed by atoms with Crippen LogP contribution in [0, 0.1) is 6.92 Å². The SMILES string of the molecule is CSCC[C@H](NC(=O)OC(C)(C)C)C(=O)Oc1ccc2c(C)cc(=O)oc2c1. The molecule has 0 unspecified atom stereocenters. The van der Waals surface area contributed by atoms with Crippen molar-refractivity contribution in [2.45, 2.75) is 45.8 Å². The number of alkyl carbamates (subject to hydrolysis) is 1. The topological polar surface area (TPSA) is 94.8 Å². The molecule has 1 aromatic heterocycles. The lowest BCUT2D eigenvalue weighted by Crippen LogP contribution is -2.45. The Hall–Kier alpha value is -2.48. The van der Waals surface area contributed by atoms with Gasteiger partial charge in [-0.2, -0.15) is 11.8 Å². The zero-order valence-electron chi connectivity index (χ0n) is 16.7. The molecule has 2 aromatic rings. The van der Waals surface area contributed by atoms with Gasteiger partial charge in [0.25, 0.3) is 0 Å². The average Bonchev–Trinajstić information content (AvgIpc) is 2.56. The molecule has 0 aliphatic carbocycles. The van der Waals surface area contributed by atoms with Crippen molar-refractivity contribution in [3.63, 3.8) is 0 Å². The number of hydrogen-bond acceptors (Lipinski definition) is 7. The van der Waals surface area contributed by atoms with Crippen molar-refractivity contribution in [2.24, 2.45) is 0 Å². The minimum atomic E-state index is -0.859. The number of thioether (sulfide) groups is 1. The molecule has 8 heteroatoms. The number of aryl methyl sites for hydroxylation is 1. The highest BCUT2D eigenvalue weighted by Gasteiger charge is 2.26. The van der Waals surface area contributed by atoms with Crippen LogP contribution in [0.25, 0.3) is 11.0 Å². The van der Waals surface area contributed by atoms with Gasteiger partial charge in [0, 0.05) is 17.5 Å². The Bertz CT molecular complexity index is 915. The van der Waals surface area contributed by atoms with Gasteiger partial charge in [0.1, 0.15) is 23.0 Å². The van der Waals surface area contributed by atoms with Crippen molar-refractivity contribution in [1.82, 2.24) is 5.32 Å². The van der Waals surface area contributed by atoms with Crippen LogP contribution < -0.4 is 15.7 Å². The molecule has 0 fully saturated rings. The third-order valence-electron chi connectivity index (χ3n) is 3.73. The maximum Gasteiger partial charge on any atom is 0.408 e. The Balaban J connectivity index is 2.16. The minimum absolute atomic E-state index is 0.228. The molecule has 1 atom stereocenters. The molecule has 0 aliphatic rings. The maximum atomic E-state index is 12.6. The molecule has 0 spiro atoms. The fourth-order valence-corrected chi connectivity index (χ4v) is 2.96. The van der Waals surface area contributed by atoms with Crippen molar-refractivity contribution < 1.29 is 23.5 Å². The van der Waals surface area contributed by atoms with Gasteiger partial charge in [-0.3, -0.25) is 0 Å². The molecule has 1 amide bonds. The molecule has 28 heavy (non-hydrogen) atoms. The van der Waals surface area contributed by atoms with E-state index in [0.717, 1.165) is 10.9 Å². The second kappa shape index (κ2) is 9.14. The van der Waals surface area contributed by atoms with Crippen LogP contribution in [0.2, 0.25) is 0 Å². The van der Waals surface area contributed by atoms with E-state index < -0.39 is 29.3 Å². The lowest BCUT2D eigenvalue weighted by molar-refractivity contribution is -0.136. The van der Waals surface area contributed by atoms with Crippen LogP contribution in [0.15, 0.2) is 33.5 Å². The summed E-state index contributed by atoms with van der Waals surface area (Å²) in [6, 6.07) is 5.36. The maximum absolute atomic E-state index is 12.6. The molecular weight excluding hydrogens is 382 g/mol. The molecule has 2 rings (SSSR count). The summed E-state index contributed by atoms with van der Waals surface area (Å²) in [7, 11) is 0. The third kappa shape index (κ3) is 6.30. The summed E-state index contributed by atoms with van der Waals surface area (Å²) in [5.41, 5.74) is -0.0475. The molecule has 0 saturated heterocycles. The Labute approximate surface area is 167 Å². The predicted octanol–water partition coefficient (Wildman–Crippen LogP) is 3.65. The number of carbonyl (C=O) groups excluding carboxylic acids is 2. The first-order valence-corrected chi connectivity index (χ1v) is 10.2. The monoisotopic (exact) mass is 407 g/mol. The lowest BCUT2D eigenvalue weighted by atomic mass is 10.1. The largest absolute Gasteiger partial charge is 0.444 e. The van der Waals surface area contributed by atoms with E-state index in [0.29, 0.717) is 17.8 Å². The molecule has 0 radical (unpaired) electrons. The quantitative estimate of drug-likeness (QED) is 0.444. The van der Waals surface area contributed by atoms with E-state index in [4.69, 9.17) is 13.9 Å². The molecular formula is C20H25NO6S. The molecule has 1 N–H and O–H groups in total. The number of amides is 1. The van der Waals surface area contributed by atoms with E-state index in [1.165, 1.54) is 12.1 Å². The zero-order valence-corrected chi connectivity index (χ0v) is 17.5. The molecule has 1 heterocycles. The highest BCUT2D eigenvalue weighted by Crippen LogP contribution is 2.22. The molecule has 0 bridgehead atoms. The van der Waals surface area contributed by atoms with E-state index in [9.17, 15) is 14.4 Å². The van der Waals surface area contributed by atoms with Gasteiger partial charge in [-0.25, -0.2) is 14.4 Å². The van der Waals surface area contributed by atoms with Crippen molar-refractivity contribution >= 4 is 34.8 Å². The third-order valence-corrected chi connectivity index (χ3v) is 4.37. The molecule has 0 saturated carbocycles. The van der Waals surface area contributed by atoms with Gasteiger partial charge in [-0.15, -0.1) is 0 Å². The number of benzene rings is 1. The van der Waals surface area contributed by atoms with Gasteiger partial charge < -0.3 is 19.2 Å². The van der Waals surface area contributed by atoms with Gasteiger partial charge >= 0.3 is 17.7 Å². The van der Waals surface area contributed by atoms with E-state index in [2.05, 4.69) is 5.32 Å². The van der Waals surface area contributed by atoms with Crippen LogP contribution in [-0.2, 0) is 9.53 Å². The van der Waals surface area contributed by atoms with E-state index in [-0.39, 0.29) is 5.75 Å². The molecule has 0 aliphatic heterocycles. The van der Waals surface area contributed by atoms with E-state index in [1.807, 2.05) is 6.26 Å². The predicted molar refractivity (Wildman–Crippen MR) is 109 cm³/mol. The number of carbonyl (C=O) groups is 2. The van der Waals surface area contributed by atoms with Crippen LogP contribution in [0.3, 0.4) is 0 Å². The van der Waals surface area contributed by atoms with E-state index in [1.54, 1.807) is 51.6 Å². The Kier molecular flexibility index (Phi) is 7.12. The first-order valence-electron chi connectivity index (χ1n) is 8.84. The molecule has 1 aromatic carbocycles. The van der Waals surface area contributed by atoms with Gasteiger partial charge in [-0.05, 0) is 63.8 Å². The summed E-state index contributed by atoms with van der Waals surface area (Å²) in [5.74, 6) is 0.266. The zero-order chi connectivity index (χ0) is 20.9. The van der Waals surface area contributed by atoms with Gasteiger partial charge in [-0.1, -0.05) is 0 Å². The number of nitrogens with one attached hydrogen (secondary N) is 1. The number of fused-ring (bicyclic) bond motifs is 1. The summed E-state index contributed by atoms with van der Waals surface area (Å²) >= 11 is 1.55. The van der Waals surface area contributed by atoms with Crippen molar-refractivity contribution in [1.29, 1.82) is 0 Å². The second-order valence-corrected chi connectivity index (χ2v) is 8.29. The van der Waals surface area contributed by atoms with Crippen molar-refractivity contribution in [2.75, 3.05) is 12.0 Å². The number of ether oxygens (including phenoxy) is 2. The summed E-state index contributed by atoms with van der Waals surface area (Å²) in [6.07, 6.45) is 1.61. The van der Waals surface area contributed by atoms with Gasteiger partial charge in [0.15, 0.2) is 0 Å². The van der Waals surface area contributed by atoms with Crippen LogP contribution in [0.1, 0.15) is 32.8 Å². The average molecular weight is 407 g/mol. The van der Waals surface area contributed by atoms with Gasteiger partial charge in [0.05, 0.1) is 0 Å². The summed E-state index contributed by atoms with van der Waals surface area (Å²) in [4.78, 5) is 36.2. The normalized spacial score (nSPS) is 12.5. The smallest absolute Gasteiger partial charge is 0.408 e. The standard InChI is InChI=1S/C20H25NO6S/c1-12-10-17(22)26-16-11-13(6-7-14(12)16)25-18(23)15(8-9-28-5)21-19(24)27-20(2,3)4/h6-7,10-11,15H,8-9H2,1-5H3,(H,21,24)/t15-/m0/s1. The number of rotatable bonds is 6. The molecule has 7 nitrogen and oxygen atoms in total. The highest BCUT2D eigenvalue weighted by atomic mass is 32.2. The number of esters is 1. The highest BCUT2D eigenvalue weighted by molar-refractivity contribution is 7.98. The Morgan fingerprint density at radius 2 is 1.96 bits per heavy atom. The minimum Gasteiger partial charge on any atom is -0.444 e. The first kappa shape index (κ1) is 21.8. The Morgan fingerprint density at radius 1 is 1.25 bits per heavy atom. The van der Waals surface area contributed by atoms with Gasteiger partial charge in [0.2, 0.25) is 0 Å². The van der Waals surface area contributed by atoms with Crippen molar-refractivity contribution in [3.8, 4) is 5.75 Å². The van der Waals surface area contributed by atoms with Crippen LogP contribution in [0.4, 0.5) is 4.79 Å². The van der Waals surface area contributed by atoms with E-state index >= 15 is 0 Å². The lowest BCUT2D eigenvalue weighted by Gasteiger charge is -2.22. The number of hydrogen-bond donors (Lipinski definition) is 1. The first-order chi connectivity index (χ1) is 13.1. The molecule has 152 valence electrons. The summed E-state index contributed by atoms with van der Waals surface area (Å²) in [5, 5.41) is 3.32. The second-order valence-electron chi connectivity index (χ2n) is 7.31. The summed E-state index contributed by atoms with van der Waals surface area (Å²) < 4.78 is 15.8. The van der Waals surface area contributed by atoms with Crippen LogP contribution >= 0.6 is 11.8 Å². The fourth-order valence-electron chi connectivity index (χ4n) is 2.49. The Morgan fingerprint density at radius 3 is 2.61 bits per heavy atom. The summed E-state index contributed by atoms with van der Waals surface area (Å²) in [6.45, 7) is 7.03. The van der Waals surface area contributed by atoms with Crippen LogP contribution in [0.5, 0.6) is 5.75 Å². The van der Waals surface area contributed by atoms with Crippen molar-refractivity contribution in [3.05, 3.63) is 40.2 Å². The van der Waals surface area contributed by atoms with Crippen LogP contribution in [-0.4, -0.2) is 35.7 Å². The fraction of sp³-hybridized carbons (Fsp3) is 0.450.